The highest BCUT2D eigenvalue weighted by molar-refractivity contribution is 7.98. The average molecular weight is 299 g/mol. The van der Waals surface area contributed by atoms with Crippen molar-refractivity contribution in [3.63, 3.8) is 0 Å². The molecule has 2 aromatic rings. The Morgan fingerprint density at radius 1 is 1.28 bits per heavy atom. The molecule has 1 heterocycles. The molecule has 0 radical (unpaired) electrons. The van der Waals surface area contributed by atoms with Crippen LogP contribution in [0.3, 0.4) is 0 Å². The number of carbonyl (C=O) groups excluding carboxylic acids is 1. The minimum atomic E-state index is -0.264. The maximum Gasteiger partial charge on any atom is 0.213 e. The third-order valence-electron chi connectivity index (χ3n) is 2.24. The first-order valence-electron chi connectivity index (χ1n) is 4.99. The van der Waals surface area contributed by atoms with Crippen molar-refractivity contribution < 1.29 is 4.79 Å². The maximum atomic E-state index is 12.2. The number of ketones is 1. The summed E-state index contributed by atoms with van der Waals surface area (Å²) in [4.78, 5) is 20.4. The molecule has 1 aromatic heterocycles. The van der Waals surface area contributed by atoms with Crippen molar-refractivity contribution in [1.29, 1.82) is 0 Å². The van der Waals surface area contributed by atoms with Gasteiger partial charge >= 0.3 is 0 Å². The second-order valence-corrected chi connectivity index (χ2v) is 4.92. The van der Waals surface area contributed by atoms with Crippen LogP contribution in [0.15, 0.2) is 35.6 Å². The second kappa shape index (κ2) is 5.69. The lowest BCUT2D eigenvalue weighted by Crippen LogP contribution is -2.06. The van der Waals surface area contributed by atoms with Crippen LogP contribution in [0.4, 0.5) is 0 Å². The van der Waals surface area contributed by atoms with Gasteiger partial charge in [-0.25, -0.2) is 9.97 Å². The molecule has 6 heteroatoms. The van der Waals surface area contributed by atoms with Gasteiger partial charge in [0.25, 0.3) is 0 Å². The first kappa shape index (κ1) is 13.3. The van der Waals surface area contributed by atoms with E-state index < -0.39 is 0 Å². The number of hydrogen-bond acceptors (Lipinski definition) is 4. The van der Waals surface area contributed by atoms with E-state index in [-0.39, 0.29) is 10.8 Å². The number of benzene rings is 1. The lowest BCUT2D eigenvalue weighted by Gasteiger charge is -2.04. The molecular weight excluding hydrogens is 291 g/mol. The Balaban J connectivity index is 2.44. The lowest BCUT2D eigenvalue weighted by molar-refractivity contribution is 0.103. The summed E-state index contributed by atoms with van der Waals surface area (Å²) in [5.74, 6) is -0.264. The van der Waals surface area contributed by atoms with Crippen LogP contribution in [-0.4, -0.2) is 22.0 Å². The predicted molar refractivity (Wildman–Crippen MR) is 73.7 cm³/mol. The SMILES string of the molecule is CSc1nccc(C(=O)c2cccc(Cl)c2Cl)n1. The summed E-state index contributed by atoms with van der Waals surface area (Å²) >= 11 is 13.3. The number of aromatic nitrogens is 2. The number of nitrogens with zero attached hydrogens (tertiary/aromatic N) is 2. The monoisotopic (exact) mass is 298 g/mol. The van der Waals surface area contributed by atoms with E-state index in [0.717, 1.165) is 0 Å². The van der Waals surface area contributed by atoms with E-state index >= 15 is 0 Å². The summed E-state index contributed by atoms with van der Waals surface area (Å²) in [6, 6.07) is 6.49. The molecule has 0 bridgehead atoms. The third-order valence-corrected chi connectivity index (χ3v) is 3.63. The minimum Gasteiger partial charge on any atom is -0.287 e. The van der Waals surface area contributed by atoms with E-state index in [1.165, 1.54) is 11.8 Å². The molecule has 3 nitrogen and oxygen atoms in total. The van der Waals surface area contributed by atoms with Crippen LogP contribution in [0.25, 0.3) is 0 Å². The number of carbonyl (C=O) groups is 1. The average Bonchev–Trinajstić information content (AvgIpc) is 2.41. The fraction of sp³-hybridized carbons (Fsp3) is 0.0833. The zero-order valence-electron chi connectivity index (χ0n) is 9.35. The molecule has 18 heavy (non-hydrogen) atoms. The smallest absolute Gasteiger partial charge is 0.213 e. The van der Waals surface area contributed by atoms with Crippen LogP contribution in [0, 0.1) is 0 Å². The Morgan fingerprint density at radius 3 is 2.78 bits per heavy atom. The van der Waals surface area contributed by atoms with Crippen molar-refractivity contribution in [2.75, 3.05) is 6.26 Å². The van der Waals surface area contributed by atoms with Crippen LogP contribution < -0.4 is 0 Å². The molecule has 0 fully saturated rings. The Hall–Kier alpha value is -1.10. The highest BCUT2D eigenvalue weighted by atomic mass is 35.5. The van der Waals surface area contributed by atoms with E-state index in [4.69, 9.17) is 23.2 Å². The minimum absolute atomic E-state index is 0.244. The topological polar surface area (TPSA) is 42.9 Å². The van der Waals surface area contributed by atoms with Crippen molar-refractivity contribution in [2.45, 2.75) is 5.16 Å². The Bertz CT molecular complexity index is 604. The van der Waals surface area contributed by atoms with Gasteiger partial charge in [0.05, 0.1) is 10.0 Å². The van der Waals surface area contributed by atoms with Gasteiger partial charge in [-0.3, -0.25) is 4.79 Å². The molecule has 0 aliphatic heterocycles. The number of hydrogen-bond donors (Lipinski definition) is 0. The Morgan fingerprint density at radius 2 is 2.06 bits per heavy atom. The van der Waals surface area contributed by atoms with Gasteiger partial charge in [-0.05, 0) is 24.5 Å². The van der Waals surface area contributed by atoms with Crippen LogP contribution in [0.2, 0.25) is 10.0 Å². The van der Waals surface area contributed by atoms with Crippen LogP contribution in [0.1, 0.15) is 16.1 Å². The van der Waals surface area contributed by atoms with Crippen molar-refractivity contribution in [1.82, 2.24) is 9.97 Å². The van der Waals surface area contributed by atoms with Gasteiger partial charge in [0.2, 0.25) is 5.78 Å². The molecule has 0 amide bonds. The summed E-state index contributed by atoms with van der Waals surface area (Å²) in [5.41, 5.74) is 0.647. The van der Waals surface area contributed by atoms with Crippen LogP contribution in [-0.2, 0) is 0 Å². The van der Waals surface area contributed by atoms with E-state index in [0.29, 0.717) is 21.4 Å². The van der Waals surface area contributed by atoms with Crippen molar-refractivity contribution in [2.24, 2.45) is 0 Å². The molecular formula is C12H8Cl2N2OS. The standard InChI is InChI=1S/C12H8Cl2N2OS/c1-18-12-15-6-5-9(16-12)11(17)7-3-2-4-8(13)10(7)14/h2-6H,1H3. The Labute approximate surface area is 119 Å². The molecule has 2 rings (SSSR count). The highest BCUT2D eigenvalue weighted by Crippen LogP contribution is 2.27. The normalized spacial score (nSPS) is 10.4. The lowest BCUT2D eigenvalue weighted by atomic mass is 10.1. The Kier molecular flexibility index (Phi) is 4.22. The first-order chi connectivity index (χ1) is 8.63. The molecule has 92 valence electrons. The summed E-state index contributed by atoms with van der Waals surface area (Å²) in [6.45, 7) is 0. The molecule has 1 aromatic carbocycles. The van der Waals surface area contributed by atoms with Crippen molar-refractivity contribution >= 4 is 40.7 Å². The fourth-order valence-electron chi connectivity index (χ4n) is 1.38. The number of thioether (sulfide) groups is 1. The fourth-order valence-corrected chi connectivity index (χ4v) is 2.13. The van der Waals surface area contributed by atoms with Crippen molar-refractivity contribution in [3.8, 4) is 0 Å². The van der Waals surface area contributed by atoms with Gasteiger partial charge in [0.1, 0.15) is 5.69 Å². The zero-order valence-corrected chi connectivity index (χ0v) is 11.7. The summed E-state index contributed by atoms with van der Waals surface area (Å²) in [7, 11) is 0. The maximum absolute atomic E-state index is 12.2. The van der Waals surface area contributed by atoms with Gasteiger partial charge in [-0.15, -0.1) is 0 Å². The largest absolute Gasteiger partial charge is 0.287 e. The molecule has 0 saturated carbocycles. The summed E-state index contributed by atoms with van der Waals surface area (Å²) < 4.78 is 0. The van der Waals surface area contributed by atoms with E-state index in [2.05, 4.69) is 9.97 Å². The van der Waals surface area contributed by atoms with Crippen molar-refractivity contribution in [3.05, 3.63) is 51.8 Å². The van der Waals surface area contributed by atoms with Gasteiger partial charge < -0.3 is 0 Å². The van der Waals surface area contributed by atoms with Gasteiger partial charge in [-0.1, -0.05) is 41.0 Å². The predicted octanol–water partition coefficient (Wildman–Crippen LogP) is 3.74. The van der Waals surface area contributed by atoms with E-state index in [1.54, 1.807) is 30.5 Å². The number of halogens is 2. The molecule has 0 aliphatic carbocycles. The molecule has 0 unspecified atom stereocenters. The second-order valence-electron chi connectivity index (χ2n) is 3.36. The highest BCUT2D eigenvalue weighted by Gasteiger charge is 2.16. The number of rotatable bonds is 3. The summed E-state index contributed by atoms with van der Waals surface area (Å²) in [6.07, 6.45) is 3.39. The first-order valence-corrected chi connectivity index (χ1v) is 6.97. The molecule has 0 N–H and O–H groups in total. The molecule has 0 atom stereocenters. The third kappa shape index (κ3) is 2.66. The zero-order chi connectivity index (χ0) is 13.1. The quantitative estimate of drug-likeness (QED) is 0.492. The van der Waals surface area contributed by atoms with Crippen LogP contribution in [0.5, 0.6) is 0 Å². The van der Waals surface area contributed by atoms with E-state index in [1.807, 2.05) is 6.26 Å². The molecule has 0 saturated heterocycles. The van der Waals surface area contributed by atoms with E-state index in [9.17, 15) is 4.79 Å². The molecule has 0 aliphatic rings. The van der Waals surface area contributed by atoms with Gasteiger partial charge in [0, 0.05) is 11.8 Å². The molecule has 0 spiro atoms. The van der Waals surface area contributed by atoms with Crippen LogP contribution >= 0.6 is 35.0 Å². The summed E-state index contributed by atoms with van der Waals surface area (Å²) in [5, 5.41) is 1.13. The van der Waals surface area contributed by atoms with Gasteiger partial charge in [-0.2, -0.15) is 0 Å². The van der Waals surface area contributed by atoms with Gasteiger partial charge in [0.15, 0.2) is 5.16 Å².